The Hall–Kier alpha value is -4.27. The lowest BCUT2D eigenvalue weighted by Crippen LogP contribution is -2.16. The number of fused-ring (bicyclic) bond motifs is 1. The van der Waals surface area contributed by atoms with Crippen LogP contribution in [-0.2, 0) is 6.18 Å². The molecule has 0 fully saturated rings. The number of rotatable bonds is 6. The molecule has 3 aromatic carbocycles. The molecule has 0 aliphatic heterocycles. The summed E-state index contributed by atoms with van der Waals surface area (Å²) < 4.78 is 62.4. The Morgan fingerprint density at radius 2 is 1.62 bits per heavy atom. The van der Waals surface area contributed by atoms with Crippen LogP contribution in [0.15, 0.2) is 82.0 Å². The Bertz CT molecular complexity index is 1390. The molecule has 0 aliphatic rings. The summed E-state index contributed by atoms with van der Waals surface area (Å²) in [6.07, 6.45) is -5.04. The maximum absolute atomic E-state index is 13.8. The molecule has 0 saturated carbocycles. The summed E-state index contributed by atoms with van der Waals surface area (Å²) in [5.41, 5.74) is -1.21. The fourth-order valence-corrected chi connectivity index (χ4v) is 3.16. The number of hydrogen-bond donors (Lipinski definition) is 0. The molecule has 0 radical (unpaired) electrons. The summed E-state index contributed by atoms with van der Waals surface area (Å²) in [5.74, 6) is -3.36. The molecule has 0 aliphatic carbocycles. The van der Waals surface area contributed by atoms with E-state index >= 15 is 0 Å². The van der Waals surface area contributed by atoms with Gasteiger partial charge in [-0.3, -0.25) is 4.79 Å². The number of hydrogen-bond acceptors (Lipinski definition) is 6. The average molecular weight is 470 g/mol. The summed E-state index contributed by atoms with van der Waals surface area (Å²) in [6, 6.07) is 17.6. The van der Waals surface area contributed by atoms with Gasteiger partial charge in [0.05, 0.1) is 17.6 Å². The first kappa shape index (κ1) is 22.9. The van der Waals surface area contributed by atoms with Crippen molar-refractivity contribution in [2.45, 2.75) is 13.1 Å². The van der Waals surface area contributed by atoms with Crippen LogP contribution in [0.1, 0.15) is 23.0 Å². The first-order valence-corrected chi connectivity index (χ1v) is 10.1. The van der Waals surface area contributed by atoms with Crippen LogP contribution in [-0.4, -0.2) is 12.6 Å². The molecule has 0 bridgehead atoms. The van der Waals surface area contributed by atoms with Crippen molar-refractivity contribution >= 4 is 16.9 Å². The van der Waals surface area contributed by atoms with Gasteiger partial charge >= 0.3 is 12.1 Å². The maximum atomic E-state index is 13.8. The number of carbonyl (C=O) groups excluding carboxylic acids is 1. The highest BCUT2D eigenvalue weighted by Crippen LogP contribution is 2.40. The summed E-state index contributed by atoms with van der Waals surface area (Å²) in [4.78, 5) is 25.3. The molecule has 0 amide bonds. The number of halogens is 3. The van der Waals surface area contributed by atoms with E-state index in [1.165, 1.54) is 42.5 Å². The normalized spacial score (nSPS) is 11.3. The van der Waals surface area contributed by atoms with Gasteiger partial charge in [-0.2, -0.15) is 13.2 Å². The molecule has 0 saturated heterocycles. The highest BCUT2D eigenvalue weighted by atomic mass is 19.4. The van der Waals surface area contributed by atoms with Crippen LogP contribution in [0.3, 0.4) is 0 Å². The van der Waals surface area contributed by atoms with Gasteiger partial charge < -0.3 is 18.6 Å². The van der Waals surface area contributed by atoms with Crippen LogP contribution in [0.5, 0.6) is 23.0 Å². The number of esters is 1. The van der Waals surface area contributed by atoms with Crippen molar-refractivity contribution in [3.05, 3.63) is 94.3 Å². The van der Waals surface area contributed by atoms with E-state index in [-0.39, 0.29) is 34.8 Å². The first-order chi connectivity index (χ1) is 16.3. The van der Waals surface area contributed by atoms with E-state index in [0.717, 1.165) is 6.07 Å². The van der Waals surface area contributed by atoms with Gasteiger partial charge in [-0.25, -0.2) is 4.79 Å². The first-order valence-electron chi connectivity index (χ1n) is 10.1. The molecule has 4 rings (SSSR count). The molecule has 1 aromatic heterocycles. The molecular formula is C25H17F3O6. The summed E-state index contributed by atoms with van der Waals surface area (Å²) in [5, 5.41) is -0.184. The second-order valence-electron chi connectivity index (χ2n) is 6.98. The minimum Gasteiger partial charge on any atom is -0.490 e. The van der Waals surface area contributed by atoms with Crippen LogP contribution in [0.4, 0.5) is 13.2 Å². The fourth-order valence-electron chi connectivity index (χ4n) is 3.16. The third kappa shape index (κ3) is 4.73. The second kappa shape index (κ2) is 9.30. The fraction of sp³-hybridized carbons (Fsp3) is 0.120. The number of carbonyl (C=O) groups is 1. The number of alkyl halides is 3. The van der Waals surface area contributed by atoms with Crippen molar-refractivity contribution in [2.24, 2.45) is 0 Å². The van der Waals surface area contributed by atoms with Crippen molar-refractivity contribution in [3.8, 4) is 23.0 Å². The maximum Gasteiger partial charge on any atom is 0.453 e. The van der Waals surface area contributed by atoms with Gasteiger partial charge in [0.15, 0.2) is 11.5 Å². The lowest BCUT2D eigenvalue weighted by molar-refractivity contribution is -0.154. The molecule has 0 atom stereocenters. The largest absolute Gasteiger partial charge is 0.490 e. The van der Waals surface area contributed by atoms with Crippen molar-refractivity contribution in [2.75, 3.05) is 6.61 Å². The van der Waals surface area contributed by atoms with Crippen molar-refractivity contribution in [1.82, 2.24) is 0 Å². The Balaban J connectivity index is 1.77. The van der Waals surface area contributed by atoms with Crippen molar-refractivity contribution in [1.29, 1.82) is 0 Å². The topological polar surface area (TPSA) is 75.0 Å². The zero-order valence-electron chi connectivity index (χ0n) is 17.7. The summed E-state index contributed by atoms with van der Waals surface area (Å²) in [6.45, 7) is 1.94. The minimum atomic E-state index is -5.04. The van der Waals surface area contributed by atoms with Crippen LogP contribution < -0.4 is 19.6 Å². The predicted molar refractivity (Wildman–Crippen MR) is 117 cm³/mol. The zero-order valence-corrected chi connectivity index (χ0v) is 17.7. The molecule has 0 unspecified atom stereocenters. The Labute approximate surface area is 191 Å². The smallest absolute Gasteiger partial charge is 0.453 e. The molecule has 0 spiro atoms. The van der Waals surface area contributed by atoms with Crippen LogP contribution in [0, 0.1) is 0 Å². The van der Waals surface area contributed by atoms with Crippen molar-refractivity contribution < 1.29 is 36.6 Å². The van der Waals surface area contributed by atoms with Gasteiger partial charge in [0.1, 0.15) is 11.3 Å². The molecular weight excluding hydrogens is 453 g/mol. The van der Waals surface area contributed by atoms with Gasteiger partial charge in [0.25, 0.3) is 5.76 Å². The van der Waals surface area contributed by atoms with Gasteiger partial charge in [0.2, 0.25) is 11.2 Å². The summed E-state index contributed by atoms with van der Waals surface area (Å²) >= 11 is 0. The lowest BCUT2D eigenvalue weighted by atomic mass is 10.2. The zero-order chi connectivity index (χ0) is 24.3. The minimum absolute atomic E-state index is 0.0742. The van der Waals surface area contributed by atoms with Gasteiger partial charge in [-0.15, -0.1) is 0 Å². The SMILES string of the molecule is CCOc1ccccc1Oc1c(C(F)(F)F)oc2cc(OC(=O)c3ccccc3)ccc2c1=O. The molecule has 174 valence electrons. The van der Waals surface area contributed by atoms with E-state index in [0.29, 0.717) is 0 Å². The van der Waals surface area contributed by atoms with Crippen molar-refractivity contribution in [3.63, 3.8) is 0 Å². The van der Waals surface area contributed by atoms with E-state index in [1.54, 1.807) is 31.2 Å². The van der Waals surface area contributed by atoms with Gasteiger partial charge in [-0.1, -0.05) is 30.3 Å². The lowest BCUT2D eigenvalue weighted by Gasteiger charge is -2.15. The van der Waals surface area contributed by atoms with E-state index in [1.807, 2.05) is 0 Å². The molecule has 34 heavy (non-hydrogen) atoms. The Kier molecular flexibility index (Phi) is 6.27. The second-order valence-corrected chi connectivity index (χ2v) is 6.98. The van der Waals surface area contributed by atoms with Crippen LogP contribution in [0.2, 0.25) is 0 Å². The summed E-state index contributed by atoms with van der Waals surface area (Å²) in [7, 11) is 0. The Morgan fingerprint density at radius 1 is 0.941 bits per heavy atom. The highest BCUT2D eigenvalue weighted by molar-refractivity contribution is 5.91. The molecule has 6 nitrogen and oxygen atoms in total. The van der Waals surface area contributed by atoms with E-state index in [4.69, 9.17) is 18.6 Å². The average Bonchev–Trinajstić information content (AvgIpc) is 2.82. The van der Waals surface area contributed by atoms with Gasteiger partial charge in [0, 0.05) is 6.07 Å². The number of benzene rings is 3. The monoisotopic (exact) mass is 470 g/mol. The van der Waals surface area contributed by atoms with E-state index in [2.05, 4.69) is 0 Å². The number of para-hydroxylation sites is 2. The van der Waals surface area contributed by atoms with E-state index < -0.39 is 34.7 Å². The molecule has 1 heterocycles. The van der Waals surface area contributed by atoms with Crippen LogP contribution in [0.25, 0.3) is 11.0 Å². The highest BCUT2D eigenvalue weighted by Gasteiger charge is 2.40. The molecule has 4 aromatic rings. The Morgan fingerprint density at radius 3 is 2.29 bits per heavy atom. The van der Waals surface area contributed by atoms with E-state index in [9.17, 15) is 22.8 Å². The number of ether oxygens (including phenoxy) is 3. The van der Waals surface area contributed by atoms with Gasteiger partial charge in [-0.05, 0) is 43.3 Å². The molecule has 9 heteroatoms. The standard InChI is InChI=1S/C25H17F3O6/c1-2-31-18-10-6-7-11-19(18)33-22-21(29)17-13-12-16(14-20(17)34-23(22)25(26,27)28)32-24(30)15-8-4-3-5-9-15/h3-14H,2H2,1H3. The van der Waals surface area contributed by atoms with Crippen LogP contribution >= 0.6 is 0 Å². The quantitative estimate of drug-likeness (QED) is 0.246. The third-order valence-corrected chi connectivity index (χ3v) is 4.66. The third-order valence-electron chi connectivity index (χ3n) is 4.66. The molecule has 0 N–H and O–H groups in total. The predicted octanol–water partition coefficient (Wildman–Crippen LogP) is 6.22.